The molecule has 1 N–H and O–H groups in total. The van der Waals surface area contributed by atoms with Gasteiger partial charge in [0.15, 0.2) is 0 Å². The Hall–Kier alpha value is -1.07. The molecule has 1 aromatic rings. The van der Waals surface area contributed by atoms with Crippen LogP contribution in [0.25, 0.3) is 0 Å². The highest BCUT2D eigenvalue weighted by Crippen LogP contribution is 2.29. The number of nitrogens with zero attached hydrogens (tertiary/aromatic N) is 1. The molecule has 0 amide bonds. The second-order valence-electron chi connectivity index (χ2n) is 1.60. The van der Waals surface area contributed by atoms with Crippen molar-refractivity contribution in [1.82, 2.24) is 10.2 Å². The number of alkyl halides is 3. The summed E-state index contributed by atoms with van der Waals surface area (Å²) in [7, 11) is 0. The van der Waals surface area contributed by atoms with E-state index in [-0.39, 0.29) is 0 Å². The van der Waals surface area contributed by atoms with E-state index in [4.69, 9.17) is 0 Å². The molecule has 0 spiro atoms. The van der Waals surface area contributed by atoms with E-state index in [1.54, 1.807) is 0 Å². The van der Waals surface area contributed by atoms with Gasteiger partial charge in [-0.25, -0.2) is 0 Å². The average Bonchev–Trinajstić information content (AvgIpc) is 2.11. The number of nitrogens with one attached hydrogen (secondary N) is 1. The summed E-state index contributed by atoms with van der Waals surface area (Å²) < 4.78 is 46.8. The van der Waals surface area contributed by atoms with Crippen LogP contribution in [0, 0.1) is 5.95 Å². The average molecular weight is 154 g/mol. The Morgan fingerprint density at radius 3 is 2.20 bits per heavy atom. The van der Waals surface area contributed by atoms with Crippen LogP contribution < -0.4 is 0 Å². The lowest BCUT2D eigenvalue weighted by Crippen LogP contribution is -2.05. The Labute approximate surface area is 52.9 Å². The number of hydrogen-bond donors (Lipinski definition) is 1. The van der Waals surface area contributed by atoms with E-state index < -0.39 is 17.7 Å². The van der Waals surface area contributed by atoms with Gasteiger partial charge in [0.2, 0.25) is 5.95 Å². The van der Waals surface area contributed by atoms with Crippen molar-refractivity contribution in [2.45, 2.75) is 6.18 Å². The second-order valence-corrected chi connectivity index (χ2v) is 1.60. The highest BCUT2D eigenvalue weighted by molar-refractivity contribution is 5.09. The molecule has 0 bridgehead atoms. The summed E-state index contributed by atoms with van der Waals surface area (Å²) in [6, 6.07) is 0. The first-order chi connectivity index (χ1) is 4.52. The molecule has 1 rings (SSSR count). The van der Waals surface area contributed by atoms with E-state index >= 15 is 0 Å². The van der Waals surface area contributed by atoms with Crippen molar-refractivity contribution >= 4 is 0 Å². The summed E-state index contributed by atoms with van der Waals surface area (Å²) in [6.07, 6.45) is -4.26. The molecule has 1 aromatic heterocycles. The van der Waals surface area contributed by atoms with Crippen LogP contribution in [-0.2, 0) is 6.18 Å². The van der Waals surface area contributed by atoms with Crippen LogP contribution in [0.2, 0.25) is 0 Å². The molecule has 0 fully saturated rings. The van der Waals surface area contributed by atoms with Crippen molar-refractivity contribution < 1.29 is 17.6 Å². The third-order valence-corrected chi connectivity index (χ3v) is 0.898. The Balaban J connectivity index is 3.05. The smallest absolute Gasteiger partial charge is 0.253 e. The lowest BCUT2D eigenvalue weighted by Gasteiger charge is -2.00. The Bertz CT molecular complexity index is 225. The van der Waals surface area contributed by atoms with E-state index in [0.717, 1.165) is 0 Å². The first-order valence-electron chi connectivity index (χ1n) is 2.28. The molecule has 1 heterocycles. The van der Waals surface area contributed by atoms with Crippen LogP contribution in [-0.4, -0.2) is 10.2 Å². The molecular formula is C4H2F4N2. The van der Waals surface area contributed by atoms with Crippen molar-refractivity contribution in [3.8, 4) is 0 Å². The fourth-order valence-corrected chi connectivity index (χ4v) is 0.468. The monoisotopic (exact) mass is 154 g/mol. The molecule has 0 saturated heterocycles. The zero-order chi connectivity index (χ0) is 7.78. The normalized spacial score (nSPS) is 12.0. The number of rotatable bonds is 0. The van der Waals surface area contributed by atoms with E-state index in [0.29, 0.717) is 6.20 Å². The molecule has 2 nitrogen and oxygen atoms in total. The minimum Gasteiger partial charge on any atom is -0.253 e. The minimum absolute atomic E-state index is 0.398. The summed E-state index contributed by atoms with van der Waals surface area (Å²) >= 11 is 0. The maximum Gasteiger partial charge on any atom is 0.422 e. The van der Waals surface area contributed by atoms with E-state index in [1.165, 1.54) is 5.10 Å². The summed E-state index contributed by atoms with van der Waals surface area (Å²) in [5.41, 5.74) is -1.37. The van der Waals surface area contributed by atoms with Gasteiger partial charge in [0.25, 0.3) is 0 Å². The van der Waals surface area contributed by atoms with Crippen molar-refractivity contribution in [3.63, 3.8) is 0 Å². The fourth-order valence-electron chi connectivity index (χ4n) is 0.468. The molecular weight excluding hydrogens is 152 g/mol. The molecule has 0 aliphatic heterocycles. The molecule has 6 heteroatoms. The van der Waals surface area contributed by atoms with E-state index in [9.17, 15) is 17.6 Å². The van der Waals surface area contributed by atoms with Gasteiger partial charge in [0.1, 0.15) is 5.56 Å². The summed E-state index contributed by atoms with van der Waals surface area (Å²) in [4.78, 5) is 0. The number of aromatic nitrogens is 2. The molecule has 0 aliphatic rings. The fraction of sp³-hybridized carbons (Fsp3) is 0.250. The van der Waals surface area contributed by atoms with Gasteiger partial charge in [-0.15, -0.1) is 0 Å². The lowest BCUT2D eigenvalue weighted by atomic mass is 10.3. The highest BCUT2D eigenvalue weighted by Gasteiger charge is 2.35. The molecule has 0 aromatic carbocycles. The van der Waals surface area contributed by atoms with Gasteiger partial charge in [-0.2, -0.15) is 22.7 Å². The van der Waals surface area contributed by atoms with Gasteiger partial charge in [-0.3, -0.25) is 5.10 Å². The van der Waals surface area contributed by atoms with Gasteiger partial charge in [-0.1, -0.05) is 0 Å². The third-order valence-electron chi connectivity index (χ3n) is 0.898. The maximum absolute atomic E-state index is 12.0. The summed E-state index contributed by atoms with van der Waals surface area (Å²) in [6.45, 7) is 0. The number of H-pyrrole nitrogens is 1. The first-order valence-corrected chi connectivity index (χ1v) is 2.28. The quantitative estimate of drug-likeness (QED) is 0.564. The standard InChI is InChI=1S/C4H2F4N2/c5-3-2(1-9-10-3)4(6,7)8/h1H,(H,9,10). The van der Waals surface area contributed by atoms with Gasteiger partial charge in [0, 0.05) is 0 Å². The van der Waals surface area contributed by atoms with Gasteiger partial charge < -0.3 is 0 Å². The first kappa shape index (κ1) is 7.04. The zero-order valence-electron chi connectivity index (χ0n) is 4.54. The van der Waals surface area contributed by atoms with Crippen LogP contribution in [0.15, 0.2) is 6.20 Å². The van der Waals surface area contributed by atoms with Crippen LogP contribution in [0.1, 0.15) is 5.56 Å². The number of hydrogen-bond acceptors (Lipinski definition) is 1. The molecule has 0 radical (unpaired) electrons. The molecule has 0 aliphatic carbocycles. The van der Waals surface area contributed by atoms with Crippen molar-refractivity contribution in [2.24, 2.45) is 0 Å². The number of aromatic amines is 1. The maximum atomic E-state index is 12.0. The Kier molecular flexibility index (Phi) is 1.38. The molecule has 56 valence electrons. The third kappa shape index (κ3) is 1.09. The number of halogens is 4. The Morgan fingerprint density at radius 1 is 1.40 bits per heavy atom. The predicted molar refractivity (Wildman–Crippen MR) is 23.5 cm³/mol. The topological polar surface area (TPSA) is 28.7 Å². The largest absolute Gasteiger partial charge is 0.422 e. The van der Waals surface area contributed by atoms with E-state index in [1.807, 2.05) is 0 Å². The summed E-state index contributed by atoms with van der Waals surface area (Å²) in [5, 5.41) is 4.41. The molecule has 0 unspecified atom stereocenters. The van der Waals surface area contributed by atoms with Crippen LogP contribution in [0.5, 0.6) is 0 Å². The van der Waals surface area contributed by atoms with Gasteiger partial charge in [-0.05, 0) is 0 Å². The minimum atomic E-state index is -4.66. The van der Waals surface area contributed by atoms with Crippen LogP contribution in [0.4, 0.5) is 17.6 Å². The lowest BCUT2D eigenvalue weighted by molar-refractivity contribution is -0.140. The second kappa shape index (κ2) is 1.96. The highest BCUT2D eigenvalue weighted by atomic mass is 19.4. The molecule has 0 atom stereocenters. The zero-order valence-corrected chi connectivity index (χ0v) is 4.54. The van der Waals surface area contributed by atoms with Crippen molar-refractivity contribution in [1.29, 1.82) is 0 Å². The predicted octanol–water partition coefficient (Wildman–Crippen LogP) is 1.57. The SMILES string of the molecule is Fc1[nH]ncc1C(F)(F)F. The summed E-state index contributed by atoms with van der Waals surface area (Å²) in [5.74, 6) is -1.45. The van der Waals surface area contributed by atoms with Crippen LogP contribution >= 0.6 is 0 Å². The van der Waals surface area contributed by atoms with Crippen LogP contribution in [0.3, 0.4) is 0 Å². The van der Waals surface area contributed by atoms with Crippen molar-refractivity contribution in [2.75, 3.05) is 0 Å². The van der Waals surface area contributed by atoms with E-state index in [2.05, 4.69) is 5.10 Å². The molecule has 10 heavy (non-hydrogen) atoms. The van der Waals surface area contributed by atoms with Crippen molar-refractivity contribution in [3.05, 3.63) is 17.7 Å². The molecule has 0 saturated carbocycles. The Morgan fingerprint density at radius 2 is 2.00 bits per heavy atom. The van der Waals surface area contributed by atoms with Gasteiger partial charge in [0.05, 0.1) is 6.20 Å². The van der Waals surface area contributed by atoms with Gasteiger partial charge >= 0.3 is 6.18 Å².